The van der Waals surface area contributed by atoms with Crippen molar-refractivity contribution in [2.45, 2.75) is 78.1 Å². The van der Waals surface area contributed by atoms with Gasteiger partial charge in [-0.15, -0.1) is 0 Å². The number of nitrogens with one attached hydrogen (secondary N) is 2. The van der Waals surface area contributed by atoms with Crippen molar-refractivity contribution in [1.29, 1.82) is 0 Å². The van der Waals surface area contributed by atoms with Crippen LogP contribution in [0.3, 0.4) is 0 Å². The van der Waals surface area contributed by atoms with Crippen LogP contribution in [0, 0.1) is 0 Å². The van der Waals surface area contributed by atoms with Gasteiger partial charge >= 0.3 is 0 Å². The van der Waals surface area contributed by atoms with E-state index in [9.17, 15) is 0 Å². The SMILES string of the molecule is CC.CC(C)(C/C=C/C1=C([NH+]2C=CC(N3CCOCC3)=C2)C(=C/C=C2/Nc3ccccc3C2(C)C)/CCC1)c1ccccc1[NH3+]. The predicted molar refractivity (Wildman–Crippen MR) is 188 cm³/mol. The van der Waals surface area contributed by atoms with Crippen LogP contribution in [-0.2, 0) is 15.6 Å². The summed E-state index contributed by atoms with van der Waals surface area (Å²) in [5.74, 6) is 0. The van der Waals surface area contributed by atoms with Crippen molar-refractivity contribution in [3.8, 4) is 0 Å². The van der Waals surface area contributed by atoms with Gasteiger partial charge in [0.05, 0.1) is 18.9 Å². The number of allylic oxidation sites excluding steroid dienone is 8. The van der Waals surface area contributed by atoms with Crippen LogP contribution in [-0.4, -0.2) is 31.2 Å². The number of anilines is 1. The summed E-state index contributed by atoms with van der Waals surface area (Å²) in [7, 11) is 0. The molecule has 3 aliphatic heterocycles. The first-order valence-corrected chi connectivity index (χ1v) is 16.9. The van der Waals surface area contributed by atoms with E-state index in [4.69, 9.17) is 4.74 Å². The first-order chi connectivity index (χ1) is 21.7. The number of fused-ring (bicyclic) bond motifs is 1. The standard InChI is InChI=1S/C38H46N4O.C2H6/c1-37(2,31-14-5-7-16-33(31)39)21-10-13-28-11-9-12-29(18-19-35-38(3,4)32-15-6-8-17-34(32)40-35)36(28)42-22-20-30(27-42)41-23-25-43-26-24-41;1-2/h5-8,10,13-20,22,27,40H,9,11-12,21,23-26,39H2,1-4H3;1-2H3/p+2/b13-10+,29-18+,35-19+;. The Kier molecular flexibility index (Phi) is 10.3. The van der Waals surface area contributed by atoms with Gasteiger partial charge in [0.1, 0.15) is 23.8 Å². The zero-order valence-corrected chi connectivity index (χ0v) is 28.4. The lowest BCUT2D eigenvalue weighted by atomic mass is 9.80. The Labute approximate surface area is 271 Å². The smallest absolute Gasteiger partial charge is 0.146 e. The fraction of sp³-hybridized carbons (Fsp3) is 0.400. The molecule has 5 nitrogen and oxygen atoms in total. The number of para-hydroxylation sites is 1. The van der Waals surface area contributed by atoms with E-state index < -0.39 is 0 Å². The molecule has 6 rings (SSSR count). The monoisotopic (exact) mass is 606 g/mol. The fourth-order valence-corrected chi connectivity index (χ4v) is 7.04. The average Bonchev–Trinajstić information content (AvgIpc) is 3.64. The Morgan fingerprint density at radius 2 is 1.73 bits per heavy atom. The van der Waals surface area contributed by atoms with Crippen molar-refractivity contribution >= 4 is 11.4 Å². The number of quaternary nitrogens is 2. The molecule has 45 heavy (non-hydrogen) atoms. The molecule has 2 aromatic carbocycles. The minimum atomic E-state index is -0.0469. The number of hydrogen-bond acceptors (Lipinski definition) is 3. The number of ether oxygens (including phenoxy) is 1. The van der Waals surface area contributed by atoms with Crippen molar-refractivity contribution in [2.24, 2.45) is 0 Å². The molecule has 5 N–H and O–H groups in total. The molecule has 0 saturated carbocycles. The van der Waals surface area contributed by atoms with Gasteiger partial charge in [-0.2, -0.15) is 0 Å². The maximum absolute atomic E-state index is 5.62. The molecular formula is C40H54N4O+2. The van der Waals surface area contributed by atoms with E-state index in [1.807, 2.05) is 13.8 Å². The average molecular weight is 607 g/mol. The van der Waals surface area contributed by atoms with E-state index >= 15 is 0 Å². The lowest BCUT2D eigenvalue weighted by Crippen LogP contribution is -3.00. The zero-order valence-electron chi connectivity index (χ0n) is 28.4. The predicted octanol–water partition coefficient (Wildman–Crippen LogP) is 7.05. The van der Waals surface area contributed by atoms with E-state index in [0.717, 1.165) is 57.7 Å². The number of benzene rings is 2. The van der Waals surface area contributed by atoms with Crippen molar-refractivity contribution in [2.75, 3.05) is 31.6 Å². The second-order valence-electron chi connectivity index (χ2n) is 13.4. The summed E-state index contributed by atoms with van der Waals surface area (Å²) in [6, 6.07) is 17.2. The summed E-state index contributed by atoms with van der Waals surface area (Å²) in [5.41, 5.74) is 16.1. The molecule has 238 valence electrons. The molecule has 1 saturated heterocycles. The molecule has 1 unspecified atom stereocenters. The molecule has 5 heteroatoms. The van der Waals surface area contributed by atoms with Gasteiger partial charge in [-0.3, -0.25) is 0 Å². The van der Waals surface area contributed by atoms with Gasteiger partial charge in [0, 0.05) is 52.7 Å². The topological polar surface area (TPSA) is 56.6 Å². The largest absolute Gasteiger partial charge is 0.378 e. The Hall–Kier alpha value is -3.64. The molecule has 0 amide bonds. The normalized spacial score (nSPS) is 22.9. The van der Waals surface area contributed by atoms with Crippen LogP contribution in [0.2, 0.25) is 0 Å². The quantitative estimate of drug-likeness (QED) is 0.317. The van der Waals surface area contributed by atoms with Gasteiger partial charge < -0.3 is 20.7 Å². The number of nitrogens with zero attached hydrogens (tertiary/aromatic N) is 1. The summed E-state index contributed by atoms with van der Waals surface area (Å²) < 4.78 is 5.62. The van der Waals surface area contributed by atoms with Crippen LogP contribution < -0.4 is 16.0 Å². The van der Waals surface area contributed by atoms with Crippen LogP contribution in [0.25, 0.3) is 0 Å². The number of morpholine rings is 1. The second kappa shape index (κ2) is 14.2. The summed E-state index contributed by atoms with van der Waals surface area (Å²) in [6.07, 6.45) is 20.9. The third kappa shape index (κ3) is 7.12. The third-order valence-corrected chi connectivity index (χ3v) is 9.62. The van der Waals surface area contributed by atoms with Crippen LogP contribution >= 0.6 is 0 Å². The highest BCUT2D eigenvalue weighted by Crippen LogP contribution is 2.43. The van der Waals surface area contributed by atoms with Crippen molar-refractivity contribution in [3.05, 3.63) is 131 Å². The minimum Gasteiger partial charge on any atom is -0.378 e. The molecule has 1 atom stereocenters. The summed E-state index contributed by atoms with van der Waals surface area (Å²) in [6.45, 7) is 16.8. The number of rotatable bonds is 7. The zero-order chi connectivity index (χ0) is 32.0. The summed E-state index contributed by atoms with van der Waals surface area (Å²) >= 11 is 0. The fourth-order valence-electron chi connectivity index (χ4n) is 7.04. The molecule has 0 aromatic heterocycles. The maximum atomic E-state index is 5.62. The molecule has 1 aliphatic carbocycles. The molecular weight excluding hydrogens is 552 g/mol. The van der Waals surface area contributed by atoms with E-state index in [2.05, 4.69) is 135 Å². The molecule has 4 aliphatic rings. The third-order valence-electron chi connectivity index (χ3n) is 9.62. The molecule has 1 fully saturated rings. The second-order valence-corrected chi connectivity index (χ2v) is 13.4. The lowest BCUT2D eigenvalue weighted by Gasteiger charge is -2.28. The van der Waals surface area contributed by atoms with Crippen LogP contribution in [0.4, 0.5) is 11.4 Å². The highest BCUT2D eigenvalue weighted by molar-refractivity contribution is 5.68. The van der Waals surface area contributed by atoms with E-state index in [0.29, 0.717) is 0 Å². The number of hydrogen-bond donors (Lipinski definition) is 3. The highest BCUT2D eigenvalue weighted by Gasteiger charge is 2.34. The lowest BCUT2D eigenvalue weighted by molar-refractivity contribution is -0.741. The van der Waals surface area contributed by atoms with Crippen molar-refractivity contribution in [1.82, 2.24) is 4.90 Å². The van der Waals surface area contributed by atoms with E-state index in [1.165, 1.54) is 50.0 Å². The van der Waals surface area contributed by atoms with E-state index in [1.54, 1.807) is 0 Å². The Morgan fingerprint density at radius 3 is 2.49 bits per heavy atom. The molecule has 3 heterocycles. The van der Waals surface area contributed by atoms with Gasteiger partial charge in [-0.25, -0.2) is 4.90 Å². The minimum absolute atomic E-state index is 0.0197. The van der Waals surface area contributed by atoms with Gasteiger partial charge in [-0.05, 0) is 54.9 Å². The molecule has 0 bridgehead atoms. The first-order valence-electron chi connectivity index (χ1n) is 16.9. The highest BCUT2D eigenvalue weighted by atomic mass is 16.5. The van der Waals surface area contributed by atoms with E-state index in [-0.39, 0.29) is 10.8 Å². The molecule has 0 spiro atoms. The van der Waals surface area contributed by atoms with Gasteiger partial charge in [0.25, 0.3) is 0 Å². The van der Waals surface area contributed by atoms with Crippen molar-refractivity contribution < 1.29 is 15.4 Å². The Morgan fingerprint density at radius 1 is 1.00 bits per heavy atom. The Balaban J connectivity index is 0.00000196. The molecule has 0 radical (unpaired) electrons. The van der Waals surface area contributed by atoms with Gasteiger partial charge in [0.2, 0.25) is 0 Å². The van der Waals surface area contributed by atoms with Crippen molar-refractivity contribution in [3.63, 3.8) is 0 Å². The maximum Gasteiger partial charge on any atom is 0.146 e. The van der Waals surface area contributed by atoms with Gasteiger partial charge in [-0.1, -0.05) is 96.2 Å². The first kappa shape index (κ1) is 32.7. The summed E-state index contributed by atoms with van der Waals surface area (Å²) in [5, 5.41) is 3.71. The van der Waals surface area contributed by atoms with Crippen LogP contribution in [0.1, 0.15) is 78.4 Å². The van der Waals surface area contributed by atoms with Gasteiger partial charge in [0.15, 0.2) is 0 Å². The Bertz CT molecular complexity index is 1550. The van der Waals surface area contributed by atoms with Crippen LogP contribution in [0.5, 0.6) is 0 Å². The summed E-state index contributed by atoms with van der Waals surface area (Å²) in [4.78, 5) is 3.79. The van der Waals surface area contributed by atoms with Crippen LogP contribution in [0.15, 0.2) is 120 Å². The molecule has 2 aromatic rings.